The molecule has 0 saturated heterocycles. The van der Waals surface area contributed by atoms with Crippen LogP contribution in [0.5, 0.6) is 0 Å². The largest absolute Gasteiger partial charge is 0.323 e. The summed E-state index contributed by atoms with van der Waals surface area (Å²) in [6.45, 7) is 11.2. The third-order valence-electron chi connectivity index (χ3n) is 3.12. The Balaban J connectivity index is 2.42. The van der Waals surface area contributed by atoms with Gasteiger partial charge in [0, 0.05) is 16.3 Å². The van der Waals surface area contributed by atoms with Gasteiger partial charge in [-0.3, -0.25) is 0 Å². The molecular weight excluding hydrogens is 216 g/mol. The van der Waals surface area contributed by atoms with E-state index in [1.807, 2.05) is 11.3 Å². The lowest BCUT2D eigenvalue weighted by Crippen LogP contribution is -2.28. The minimum absolute atomic E-state index is 0.145. The topological polar surface area (TPSA) is 38.9 Å². The Morgan fingerprint density at radius 1 is 1.38 bits per heavy atom. The van der Waals surface area contributed by atoms with E-state index in [4.69, 9.17) is 10.7 Å². The van der Waals surface area contributed by atoms with Crippen LogP contribution in [0.4, 0.5) is 0 Å². The van der Waals surface area contributed by atoms with E-state index >= 15 is 0 Å². The van der Waals surface area contributed by atoms with Crippen molar-refractivity contribution >= 4 is 11.3 Å². The van der Waals surface area contributed by atoms with Crippen LogP contribution in [0.15, 0.2) is 0 Å². The molecule has 0 aliphatic heterocycles. The van der Waals surface area contributed by atoms with Crippen LogP contribution in [-0.2, 0) is 11.8 Å². The molecule has 0 saturated carbocycles. The first kappa shape index (κ1) is 12.1. The Bertz CT molecular complexity index is 399. The maximum Gasteiger partial charge on any atom is 0.0985 e. The molecule has 3 heteroatoms. The van der Waals surface area contributed by atoms with Crippen LogP contribution >= 0.6 is 11.3 Å². The first-order valence-electron chi connectivity index (χ1n) is 5.95. The van der Waals surface area contributed by atoms with Gasteiger partial charge in [0.15, 0.2) is 0 Å². The lowest BCUT2D eigenvalue weighted by molar-refractivity contribution is 0.282. The molecule has 90 valence electrons. The molecule has 1 aliphatic carbocycles. The van der Waals surface area contributed by atoms with Gasteiger partial charge in [0.2, 0.25) is 0 Å². The highest BCUT2D eigenvalue weighted by Gasteiger charge is 2.34. The van der Waals surface area contributed by atoms with E-state index in [0.717, 1.165) is 12.8 Å². The molecule has 2 rings (SSSR count). The lowest BCUT2D eigenvalue weighted by atomic mass is 9.76. The second-order valence-electron chi connectivity index (χ2n) is 6.73. The van der Waals surface area contributed by atoms with E-state index in [2.05, 4.69) is 34.6 Å². The third kappa shape index (κ3) is 2.16. The fraction of sp³-hybridized carbons (Fsp3) is 0.769. The summed E-state index contributed by atoms with van der Waals surface area (Å²) in [4.78, 5) is 6.13. The molecule has 0 aromatic carbocycles. The lowest BCUT2D eigenvalue weighted by Gasteiger charge is -2.32. The molecule has 1 aromatic rings. The van der Waals surface area contributed by atoms with Crippen molar-refractivity contribution in [2.45, 2.75) is 58.9 Å². The predicted octanol–water partition coefficient (Wildman–Crippen LogP) is 3.41. The number of hydrogen-bond donors (Lipinski definition) is 1. The minimum Gasteiger partial charge on any atom is -0.323 e. The molecule has 1 heterocycles. The van der Waals surface area contributed by atoms with Gasteiger partial charge in [-0.15, -0.1) is 11.3 Å². The Kier molecular flexibility index (Phi) is 2.67. The van der Waals surface area contributed by atoms with Gasteiger partial charge < -0.3 is 5.73 Å². The summed E-state index contributed by atoms with van der Waals surface area (Å²) in [5.74, 6) is 0. The molecule has 0 amide bonds. The summed E-state index contributed by atoms with van der Waals surface area (Å²) in [5, 5.41) is 1.23. The Morgan fingerprint density at radius 3 is 2.56 bits per heavy atom. The molecule has 2 N–H and O–H groups in total. The van der Waals surface area contributed by atoms with Crippen LogP contribution in [-0.4, -0.2) is 4.98 Å². The van der Waals surface area contributed by atoms with Crippen molar-refractivity contribution in [3.05, 3.63) is 15.6 Å². The van der Waals surface area contributed by atoms with Crippen LogP contribution in [0, 0.1) is 5.41 Å². The van der Waals surface area contributed by atoms with Gasteiger partial charge in [-0.25, -0.2) is 4.98 Å². The highest BCUT2D eigenvalue weighted by molar-refractivity contribution is 7.12. The number of nitrogens with zero attached hydrogens (tertiary/aromatic N) is 1. The highest BCUT2D eigenvalue weighted by atomic mass is 32.1. The van der Waals surface area contributed by atoms with Crippen molar-refractivity contribution in [1.29, 1.82) is 0 Å². The van der Waals surface area contributed by atoms with Gasteiger partial charge in [-0.2, -0.15) is 0 Å². The van der Waals surface area contributed by atoms with E-state index in [9.17, 15) is 0 Å². The smallest absolute Gasteiger partial charge is 0.0985 e. The van der Waals surface area contributed by atoms with Gasteiger partial charge in [0.05, 0.1) is 10.7 Å². The van der Waals surface area contributed by atoms with Gasteiger partial charge in [0.1, 0.15) is 0 Å². The van der Waals surface area contributed by atoms with E-state index in [1.165, 1.54) is 15.6 Å². The highest BCUT2D eigenvalue weighted by Crippen LogP contribution is 2.43. The van der Waals surface area contributed by atoms with Crippen molar-refractivity contribution < 1.29 is 0 Å². The Hall–Kier alpha value is -0.410. The van der Waals surface area contributed by atoms with Gasteiger partial charge in [-0.1, -0.05) is 34.6 Å². The quantitative estimate of drug-likeness (QED) is 0.752. The predicted molar refractivity (Wildman–Crippen MR) is 69.8 cm³/mol. The summed E-state index contributed by atoms with van der Waals surface area (Å²) >= 11 is 1.81. The van der Waals surface area contributed by atoms with Crippen LogP contribution in [0.2, 0.25) is 0 Å². The van der Waals surface area contributed by atoms with Crippen molar-refractivity contribution in [3.8, 4) is 0 Å². The molecular formula is C13H22N2S. The van der Waals surface area contributed by atoms with E-state index in [-0.39, 0.29) is 11.5 Å². The minimum atomic E-state index is 0.145. The zero-order valence-electron chi connectivity index (χ0n) is 10.9. The number of hydrogen-bond acceptors (Lipinski definition) is 3. The van der Waals surface area contributed by atoms with E-state index in [1.54, 1.807) is 0 Å². The molecule has 0 radical (unpaired) electrons. The van der Waals surface area contributed by atoms with E-state index in [0.29, 0.717) is 5.41 Å². The third-order valence-corrected chi connectivity index (χ3v) is 4.78. The molecule has 1 unspecified atom stereocenters. The molecule has 0 bridgehead atoms. The van der Waals surface area contributed by atoms with E-state index < -0.39 is 0 Å². The van der Waals surface area contributed by atoms with Gasteiger partial charge >= 0.3 is 0 Å². The monoisotopic (exact) mass is 238 g/mol. The van der Waals surface area contributed by atoms with Crippen LogP contribution in [0.3, 0.4) is 0 Å². The zero-order chi connectivity index (χ0) is 12.1. The molecule has 1 aliphatic rings. The number of nitrogens with two attached hydrogens (primary N) is 1. The van der Waals surface area contributed by atoms with Crippen LogP contribution < -0.4 is 5.73 Å². The average Bonchev–Trinajstić information content (AvgIpc) is 2.44. The number of rotatable bonds is 0. The molecule has 0 spiro atoms. The second-order valence-corrected chi connectivity index (χ2v) is 7.76. The normalized spacial score (nSPS) is 24.2. The van der Waals surface area contributed by atoms with Crippen LogP contribution in [0.1, 0.15) is 62.7 Å². The maximum absolute atomic E-state index is 6.25. The second kappa shape index (κ2) is 3.54. The summed E-state index contributed by atoms with van der Waals surface area (Å²) in [6, 6.07) is 0.187. The first-order valence-corrected chi connectivity index (χ1v) is 6.76. The Morgan fingerprint density at radius 2 is 2.00 bits per heavy atom. The molecule has 1 aromatic heterocycles. The zero-order valence-corrected chi connectivity index (χ0v) is 11.7. The fourth-order valence-corrected chi connectivity index (χ4v) is 3.45. The van der Waals surface area contributed by atoms with Crippen molar-refractivity contribution in [3.63, 3.8) is 0 Å². The van der Waals surface area contributed by atoms with Crippen molar-refractivity contribution in [2.75, 3.05) is 0 Å². The molecule has 16 heavy (non-hydrogen) atoms. The molecule has 2 nitrogen and oxygen atoms in total. The first-order chi connectivity index (χ1) is 7.19. The SMILES string of the molecule is CC1(C)Cc2nc(C(C)(C)C)sc2C(N)C1. The van der Waals surface area contributed by atoms with Gasteiger partial charge in [-0.05, 0) is 18.3 Å². The summed E-state index contributed by atoms with van der Waals surface area (Å²) < 4.78 is 0. The van der Waals surface area contributed by atoms with Gasteiger partial charge in [0.25, 0.3) is 0 Å². The Labute approximate surface area is 102 Å². The van der Waals surface area contributed by atoms with Crippen molar-refractivity contribution in [2.24, 2.45) is 11.1 Å². The number of fused-ring (bicyclic) bond motifs is 1. The number of thiazole rings is 1. The molecule has 0 fully saturated rings. The summed E-state index contributed by atoms with van der Waals surface area (Å²) in [6.07, 6.45) is 2.15. The summed E-state index contributed by atoms with van der Waals surface area (Å²) in [5.41, 5.74) is 7.94. The fourth-order valence-electron chi connectivity index (χ4n) is 2.31. The molecule has 1 atom stereocenters. The standard InChI is InChI=1S/C13H22N2S/c1-12(2,3)11-15-9-7-13(4,5)6-8(14)10(9)16-11/h8H,6-7,14H2,1-5H3. The summed E-state index contributed by atoms with van der Waals surface area (Å²) in [7, 11) is 0. The number of aromatic nitrogens is 1. The average molecular weight is 238 g/mol. The van der Waals surface area contributed by atoms with Crippen molar-refractivity contribution in [1.82, 2.24) is 4.98 Å². The van der Waals surface area contributed by atoms with Crippen LogP contribution in [0.25, 0.3) is 0 Å². The maximum atomic E-state index is 6.25.